The highest BCUT2D eigenvalue weighted by atomic mass is 19.1. The van der Waals surface area contributed by atoms with Crippen LogP contribution in [0, 0.1) is 11.6 Å². The van der Waals surface area contributed by atoms with E-state index >= 15 is 0 Å². The third kappa shape index (κ3) is 4.99. The largest absolute Gasteiger partial charge is 0.454 e. The van der Waals surface area contributed by atoms with E-state index in [4.69, 9.17) is 10.5 Å². The van der Waals surface area contributed by atoms with Crippen LogP contribution < -0.4 is 27.0 Å². The maximum absolute atomic E-state index is 14.6. The number of aromatic nitrogens is 3. The van der Waals surface area contributed by atoms with Crippen molar-refractivity contribution in [2.24, 2.45) is 0 Å². The van der Waals surface area contributed by atoms with Crippen LogP contribution in [0.4, 0.5) is 20.3 Å². The summed E-state index contributed by atoms with van der Waals surface area (Å²) >= 11 is 0. The summed E-state index contributed by atoms with van der Waals surface area (Å²) < 4.78 is 35.5. The maximum atomic E-state index is 14.6. The molecular formula is C25H21F2N5O4. The van der Waals surface area contributed by atoms with E-state index in [0.717, 1.165) is 29.0 Å². The number of carbonyl (C=O) groups is 1. The number of nitrogens with one attached hydrogen (secondary N) is 1. The van der Waals surface area contributed by atoms with Gasteiger partial charge in [-0.25, -0.2) is 23.1 Å². The Bertz CT molecular complexity index is 1560. The van der Waals surface area contributed by atoms with Crippen LogP contribution in [0.1, 0.15) is 30.2 Å². The minimum atomic E-state index is -0.906. The van der Waals surface area contributed by atoms with Crippen LogP contribution in [0.3, 0.4) is 0 Å². The second-order valence-corrected chi connectivity index (χ2v) is 8.06. The zero-order valence-corrected chi connectivity index (χ0v) is 19.2. The zero-order chi connectivity index (χ0) is 26.0. The number of nitrogens with two attached hydrogens (primary N) is 1. The van der Waals surface area contributed by atoms with Crippen LogP contribution in [0.2, 0.25) is 0 Å². The fraction of sp³-hybridized carbons (Fsp3) is 0.120. The first-order valence-electron chi connectivity index (χ1n) is 10.8. The Balaban J connectivity index is 1.67. The van der Waals surface area contributed by atoms with Gasteiger partial charge >= 0.3 is 5.69 Å². The number of halogens is 2. The molecule has 0 aliphatic rings. The molecule has 184 valence electrons. The third-order valence-electron chi connectivity index (χ3n) is 5.17. The molecule has 3 N–H and O–H groups in total. The van der Waals surface area contributed by atoms with Crippen molar-refractivity contribution in [2.75, 3.05) is 11.1 Å². The molecule has 4 aromatic rings. The zero-order valence-electron chi connectivity index (χ0n) is 19.2. The first-order chi connectivity index (χ1) is 17.1. The maximum Gasteiger partial charge on any atom is 0.335 e. The summed E-state index contributed by atoms with van der Waals surface area (Å²) in [4.78, 5) is 42.9. The van der Waals surface area contributed by atoms with Crippen molar-refractivity contribution in [1.82, 2.24) is 14.1 Å². The Morgan fingerprint density at radius 1 is 1.06 bits per heavy atom. The Hall–Kier alpha value is -4.80. The minimum Gasteiger partial charge on any atom is -0.454 e. The Morgan fingerprint density at radius 3 is 2.42 bits per heavy atom. The monoisotopic (exact) mass is 493 g/mol. The Kier molecular flexibility index (Phi) is 6.64. The van der Waals surface area contributed by atoms with Gasteiger partial charge in [0, 0.05) is 36.3 Å². The summed E-state index contributed by atoms with van der Waals surface area (Å²) in [6.07, 6.45) is 2.55. The van der Waals surface area contributed by atoms with Crippen molar-refractivity contribution in [3.63, 3.8) is 0 Å². The van der Waals surface area contributed by atoms with E-state index in [-0.39, 0.29) is 34.3 Å². The second kappa shape index (κ2) is 9.82. The average molecular weight is 493 g/mol. The van der Waals surface area contributed by atoms with Gasteiger partial charge in [-0.2, -0.15) is 0 Å². The van der Waals surface area contributed by atoms with Crippen molar-refractivity contribution < 1.29 is 18.3 Å². The molecule has 4 rings (SSSR count). The molecule has 0 atom stereocenters. The molecule has 0 spiro atoms. The number of nitrogen functional groups attached to an aromatic ring is 1. The van der Waals surface area contributed by atoms with Gasteiger partial charge in [-0.1, -0.05) is 0 Å². The average Bonchev–Trinajstić information content (AvgIpc) is 2.82. The SMILES string of the molecule is CC(C)n1cc(C(=O)Nc2ccc(Oc3ccnc(N)c3)c(F)c2)c(=O)n(-c2ccc(F)cc2)c1=O. The van der Waals surface area contributed by atoms with Gasteiger partial charge in [0.25, 0.3) is 11.5 Å². The number of hydrogen-bond donors (Lipinski definition) is 2. The molecule has 0 saturated heterocycles. The highest BCUT2D eigenvalue weighted by Crippen LogP contribution is 2.27. The lowest BCUT2D eigenvalue weighted by atomic mass is 10.2. The van der Waals surface area contributed by atoms with Gasteiger partial charge in [-0.3, -0.25) is 14.2 Å². The van der Waals surface area contributed by atoms with Crippen molar-refractivity contribution in [3.05, 3.63) is 105 Å². The number of nitrogens with zero attached hydrogens (tertiary/aromatic N) is 3. The summed E-state index contributed by atoms with van der Waals surface area (Å²) in [5, 5.41) is 2.46. The Labute approximate surface area is 203 Å². The summed E-state index contributed by atoms with van der Waals surface area (Å²) in [5.41, 5.74) is 3.78. The number of rotatable bonds is 6. The van der Waals surface area contributed by atoms with Crippen LogP contribution in [0.15, 0.2) is 76.6 Å². The lowest BCUT2D eigenvalue weighted by molar-refractivity contribution is 0.102. The molecule has 2 aromatic carbocycles. The van der Waals surface area contributed by atoms with Crippen molar-refractivity contribution in [3.8, 4) is 17.2 Å². The molecule has 0 fully saturated rings. The van der Waals surface area contributed by atoms with Gasteiger partial charge in [0.05, 0.1) is 5.69 Å². The number of carbonyl (C=O) groups excluding carboxylic acids is 1. The van der Waals surface area contributed by atoms with E-state index < -0.39 is 34.8 Å². The normalized spacial score (nSPS) is 10.9. The number of pyridine rings is 1. The van der Waals surface area contributed by atoms with Crippen molar-refractivity contribution >= 4 is 17.4 Å². The van der Waals surface area contributed by atoms with Crippen LogP contribution >= 0.6 is 0 Å². The minimum absolute atomic E-state index is 0.0501. The molecule has 2 heterocycles. The summed E-state index contributed by atoms with van der Waals surface area (Å²) in [7, 11) is 0. The molecule has 0 radical (unpaired) electrons. The fourth-order valence-electron chi connectivity index (χ4n) is 3.39. The molecule has 0 aliphatic heterocycles. The number of benzene rings is 2. The molecular weight excluding hydrogens is 472 g/mol. The second-order valence-electron chi connectivity index (χ2n) is 8.06. The van der Waals surface area contributed by atoms with Crippen molar-refractivity contribution in [2.45, 2.75) is 19.9 Å². The summed E-state index contributed by atoms with van der Waals surface area (Å²) in [5.74, 6) is -1.84. The predicted molar refractivity (Wildman–Crippen MR) is 130 cm³/mol. The van der Waals surface area contributed by atoms with Gasteiger partial charge in [0.15, 0.2) is 11.6 Å². The van der Waals surface area contributed by atoms with Gasteiger partial charge < -0.3 is 15.8 Å². The lowest BCUT2D eigenvalue weighted by Gasteiger charge is -2.16. The van der Waals surface area contributed by atoms with E-state index in [1.165, 1.54) is 47.2 Å². The third-order valence-corrected chi connectivity index (χ3v) is 5.17. The molecule has 0 unspecified atom stereocenters. The molecule has 36 heavy (non-hydrogen) atoms. The van der Waals surface area contributed by atoms with E-state index in [0.29, 0.717) is 0 Å². The van der Waals surface area contributed by atoms with Gasteiger partial charge in [-0.05, 0) is 56.3 Å². The molecule has 0 bridgehead atoms. The quantitative estimate of drug-likeness (QED) is 0.421. The van der Waals surface area contributed by atoms with Gasteiger partial charge in [-0.15, -0.1) is 0 Å². The molecule has 2 aromatic heterocycles. The molecule has 9 nitrogen and oxygen atoms in total. The highest BCUT2D eigenvalue weighted by Gasteiger charge is 2.20. The van der Waals surface area contributed by atoms with E-state index in [9.17, 15) is 23.2 Å². The molecule has 0 saturated carbocycles. The Morgan fingerprint density at radius 2 is 1.78 bits per heavy atom. The molecule has 11 heteroatoms. The number of hydrogen-bond acceptors (Lipinski definition) is 6. The van der Waals surface area contributed by atoms with Crippen LogP contribution in [-0.2, 0) is 0 Å². The molecule has 1 amide bonds. The summed E-state index contributed by atoms with van der Waals surface area (Å²) in [6, 6.07) is 10.9. The van der Waals surface area contributed by atoms with Crippen LogP contribution in [0.5, 0.6) is 11.5 Å². The van der Waals surface area contributed by atoms with E-state index in [1.54, 1.807) is 13.8 Å². The van der Waals surface area contributed by atoms with E-state index in [2.05, 4.69) is 10.3 Å². The first-order valence-corrected chi connectivity index (χ1v) is 10.8. The highest BCUT2D eigenvalue weighted by molar-refractivity contribution is 6.03. The first kappa shape index (κ1) is 24.3. The van der Waals surface area contributed by atoms with Gasteiger partial charge in [0.1, 0.15) is 22.9 Å². The van der Waals surface area contributed by atoms with Gasteiger partial charge in [0.2, 0.25) is 0 Å². The number of anilines is 2. The topological polar surface area (TPSA) is 121 Å². The van der Waals surface area contributed by atoms with Crippen molar-refractivity contribution in [1.29, 1.82) is 0 Å². The standard InChI is InChI=1S/C25H21F2N5O4/c1-14(2)31-13-19(24(34)32(25(31)35)17-6-3-15(26)4-7-17)23(33)30-16-5-8-21(20(27)11-16)36-18-9-10-29-22(28)12-18/h3-14H,1-2H3,(H2,28,29)(H,30,33). The smallest absolute Gasteiger partial charge is 0.335 e. The van der Waals surface area contributed by atoms with Crippen LogP contribution in [-0.4, -0.2) is 20.0 Å². The number of ether oxygens (including phenoxy) is 1. The fourth-order valence-corrected chi connectivity index (χ4v) is 3.39. The number of amides is 1. The molecule has 0 aliphatic carbocycles. The summed E-state index contributed by atoms with van der Waals surface area (Å²) in [6.45, 7) is 3.40. The van der Waals surface area contributed by atoms with Crippen LogP contribution in [0.25, 0.3) is 5.69 Å². The lowest BCUT2D eigenvalue weighted by Crippen LogP contribution is -2.42. The van der Waals surface area contributed by atoms with E-state index in [1.807, 2.05) is 0 Å². The predicted octanol–water partition coefficient (Wildman–Crippen LogP) is 3.88.